The summed E-state index contributed by atoms with van der Waals surface area (Å²) in [6, 6.07) is 63.8. The molecule has 8 rings (SSSR count). The van der Waals surface area contributed by atoms with Gasteiger partial charge in [-0.1, -0.05) is 212 Å². The van der Waals surface area contributed by atoms with Crippen molar-refractivity contribution in [3.8, 4) is 11.1 Å². The molecule has 1 aliphatic rings. The summed E-state index contributed by atoms with van der Waals surface area (Å²) >= 11 is 2.62. The number of hydrogen-bond donors (Lipinski definition) is 3. The highest BCUT2D eigenvalue weighted by Crippen LogP contribution is 2.49. The van der Waals surface area contributed by atoms with Gasteiger partial charge in [0, 0.05) is 23.6 Å². The summed E-state index contributed by atoms with van der Waals surface area (Å²) in [6.45, 7) is 1.16. The van der Waals surface area contributed by atoms with E-state index in [4.69, 9.17) is 4.74 Å². The Labute approximate surface area is 419 Å². The first-order chi connectivity index (χ1) is 34.2. The number of carbonyl (C=O) groups is 5. The zero-order valence-corrected chi connectivity index (χ0v) is 41.3. The number of rotatable bonds is 21. The van der Waals surface area contributed by atoms with Gasteiger partial charge in [0.15, 0.2) is 0 Å². The average Bonchev–Trinajstić information content (AvgIpc) is 3.73. The number of fused-ring (bicyclic) bond motifs is 3. The number of ketones is 1. The Morgan fingerprint density at radius 3 is 1.51 bits per heavy atom. The molecule has 7 aromatic carbocycles. The van der Waals surface area contributed by atoms with Crippen LogP contribution in [0, 0.1) is 0 Å². The molecule has 7 aromatic rings. The third-order valence-electron chi connectivity index (χ3n) is 12.3. The quantitative estimate of drug-likeness (QED) is 0.0480. The van der Waals surface area contributed by atoms with Crippen LogP contribution < -0.4 is 26.6 Å². The molecule has 0 unspecified atom stereocenters. The fraction of sp³-hybridized carbons (Fsp3) is 0.190. The fourth-order valence-electron chi connectivity index (χ4n) is 8.81. The second-order valence-corrected chi connectivity index (χ2v) is 21.8. The summed E-state index contributed by atoms with van der Waals surface area (Å²) in [5.41, 5.74) is 7.64. The number of ether oxygens (including phenoxy) is 1. The number of amides is 3. The fourth-order valence-corrected chi connectivity index (χ4v) is 14.2. The molecule has 3 amide bonds. The second kappa shape index (κ2) is 24.2. The number of alkyl carbamates (subject to hydrolysis) is 1. The Morgan fingerprint density at radius 2 is 1.03 bits per heavy atom. The molecule has 0 radical (unpaired) electrons. The Hall–Kier alpha value is -6.78. The largest absolute Gasteiger partial charge is 0.449 e. The van der Waals surface area contributed by atoms with Crippen LogP contribution in [0.4, 0.5) is 4.79 Å². The van der Waals surface area contributed by atoms with Gasteiger partial charge in [-0.25, -0.2) is 4.79 Å². The summed E-state index contributed by atoms with van der Waals surface area (Å²) in [4.78, 5) is 68.7. The van der Waals surface area contributed by atoms with E-state index in [0.29, 0.717) is 5.49 Å². The van der Waals surface area contributed by atoms with Crippen molar-refractivity contribution in [2.45, 2.75) is 42.5 Å². The molecule has 1 aliphatic carbocycles. The van der Waals surface area contributed by atoms with Crippen LogP contribution >= 0.6 is 31.4 Å². The first kappa shape index (κ1) is 49.6. The number of carbonyl (C=O) groups excluding carboxylic acids is 5. The third kappa shape index (κ3) is 12.1. The van der Waals surface area contributed by atoms with E-state index in [0.717, 1.165) is 61.3 Å². The maximum Gasteiger partial charge on any atom is 0.407 e. The first-order valence-corrected chi connectivity index (χ1v) is 26.7. The van der Waals surface area contributed by atoms with Crippen LogP contribution in [0.15, 0.2) is 200 Å². The van der Waals surface area contributed by atoms with Gasteiger partial charge in [-0.3, -0.25) is 14.4 Å². The van der Waals surface area contributed by atoms with Crippen molar-refractivity contribution in [1.82, 2.24) is 16.0 Å². The number of hydrogen-bond acceptors (Lipinski definition) is 8. The van der Waals surface area contributed by atoms with Crippen molar-refractivity contribution in [2.24, 2.45) is 0 Å². The minimum atomic E-state index is -1.23. The Bertz CT molecular complexity index is 2700. The third-order valence-corrected chi connectivity index (χ3v) is 17.8. The maximum absolute atomic E-state index is 14.8. The molecule has 9 nitrogen and oxygen atoms in total. The molecule has 12 heteroatoms. The van der Waals surface area contributed by atoms with Gasteiger partial charge in [0.2, 0.25) is 16.9 Å². The van der Waals surface area contributed by atoms with Crippen LogP contribution in [0.25, 0.3) is 11.1 Å². The van der Waals surface area contributed by atoms with Crippen molar-refractivity contribution in [1.29, 1.82) is 0 Å². The van der Waals surface area contributed by atoms with Gasteiger partial charge < -0.3 is 25.5 Å². The summed E-state index contributed by atoms with van der Waals surface area (Å²) in [5.74, 6) is -1.61. The van der Waals surface area contributed by atoms with Crippen molar-refractivity contribution in [3.63, 3.8) is 0 Å². The molecule has 0 saturated heterocycles. The zero-order chi connectivity index (χ0) is 48.7. The minimum absolute atomic E-state index is 0.00212. The van der Waals surface area contributed by atoms with Crippen LogP contribution in [0.5, 0.6) is 0 Å². The van der Waals surface area contributed by atoms with Gasteiger partial charge in [-0.05, 0) is 70.8 Å². The van der Waals surface area contributed by atoms with Gasteiger partial charge in [-0.15, -0.1) is 11.8 Å². The lowest BCUT2D eigenvalue weighted by Gasteiger charge is -2.36. The van der Waals surface area contributed by atoms with Gasteiger partial charge in [-0.2, -0.15) is 0 Å². The van der Waals surface area contributed by atoms with E-state index in [1.54, 1.807) is 0 Å². The lowest BCUT2D eigenvalue weighted by atomic mass is 9.84. The maximum atomic E-state index is 14.8. The smallest absolute Gasteiger partial charge is 0.407 e. The van der Waals surface area contributed by atoms with E-state index in [9.17, 15) is 24.0 Å². The van der Waals surface area contributed by atoms with Crippen LogP contribution in [-0.4, -0.2) is 65.3 Å². The monoisotopic (exact) mass is 983 g/mol. The molecule has 0 aromatic heterocycles. The van der Waals surface area contributed by atoms with E-state index < -0.39 is 42.7 Å². The molecule has 0 heterocycles. The molecule has 0 bridgehead atoms. The highest BCUT2D eigenvalue weighted by atomic mass is 32.2. The van der Waals surface area contributed by atoms with Crippen LogP contribution in [0.2, 0.25) is 0 Å². The normalized spacial score (nSPS) is 12.8. The van der Waals surface area contributed by atoms with Gasteiger partial charge in [0.25, 0.3) is 0 Å². The first-order valence-electron chi connectivity index (χ1n) is 23.2. The molecular formula is C58H54N3O6PS2. The van der Waals surface area contributed by atoms with E-state index in [-0.39, 0.29) is 48.6 Å². The Kier molecular flexibility index (Phi) is 17.1. The number of benzene rings is 7. The summed E-state index contributed by atoms with van der Waals surface area (Å²) in [5, 5.41) is 10.5. The standard InChI is InChI=1S/C58H54N3O6PS2/c1-41(62)35-36-52(55(64)59-37-54(63)69-40-68(45-27-13-5-14-28-45)46-29-15-6-16-30-46)60-56(65)53(61-57(66)67-38-51-49-33-19-17-31-47(49)48-32-18-20-34-50(48)51)39-70-58(42-21-7-2-8-22-42,43-23-9-3-10-24-43)44-25-11-4-12-26-44/h2-34,51-53H,35-40H2,1H3,(H,59,64)(H,60,65)(H,61,66)/t52-,53-/m0/s1. The lowest BCUT2D eigenvalue weighted by molar-refractivity contribution is -0.130. The predicted octanol–water partition coefficient (Wildman–Crippen LogP) is 9.94. The topological polar surface area (TPSA) is 131 Å². The Balaban J connectivity index is 1.03. The minimum Gasteiger partial charge on any atom is -0.449 e. The molecule has 0 aliphatic heterocycles. The highest BCUT2D eigenvalue weighted by molar-refractivity contribution is 8.18. The summed E-state index contributed by atoms with van der Waals surface area (Å²) < 4.78 is 5.15. The Morgan fingerprint density at radius 1 is 0.571 bits per heavy atom. The van der Waals surface area contributed by atoms with E-state index >= 15 is 0 Å². The number of Topliss-reactive ketones (excluding diaryl/α,β-unsaturated/α-hetero) is 1. The van der Waals surface area contributed by atoms with Gasteiger partial charge in [0.1, 0.15) is 24.5 Å². The molecule has 3 N–H and O–H groups in total. The van der Waals surface area contributed by atoms with Gasteiger partial charge in [0.05, 0.1) is 11.3 Å². The van der Waals surface area contributed by atoms with E-state index in [1.165, 1.54) is 18.7 Å². The molecule has 2 atom stereocenters. The molecule has 0 saturated carbocycles. The van der Waals surface area contributed by atoms with E-state index in [2.05, 4.69) is 52.3 Å². The van der Waals surface area contributed by atoms with Crippen LogP contribution in [-0.2, 0) is 28.7 Å². The van der Waals surface area contributed by atoms with Crippen molar-refractivity contribution in [3.05, 3.63) is 228 Å². The zero-order valence-electron chi connectivity index (χ0n) is 38.7. The van der Waals surface area contributed by atoms with Crippen LogP contribution in [0.1, 0.15) is 53.5 Å². The average molecular weight is 984 g/mol. The van der Waals surface area contributed by atoms with Crippen molar-refractivity contribution < 1.29 is 28.7 Å². The molecule has 0 fully saturated rings. The highest BCUT2D eigenvalue weighted by Gasteiger charge is 2.39. The molecule has 354 valence electrons. The van der Waals surface area contributed by atoms with Gasteiger partial charge >= 0.3 is 6.09 Å². The molecule has 0 spiro atoms. The molecule has 70 heavy (non-hydrogen) atoms. The predicted molar refractivity (Wildman–Crippen MR) is 285 cm³/mol. The van der Waals surface area contributed by atoms with Crippen molar-refractivity contribution >= 4 is 70.9 Å². The molecular weight excluding hydrogens is 930 g/mol. The summed E-state index contributed by atoms with van der Waals surface area (Å²) in [6.07, 6.45) is -0.822. The number of thioether (sulfide) groups is 2. The van der Waals surface area contributed by atoms with Crippen LogP contribution in [0.3, 0.4) is 0 Å². The lowest BCUT2D eigenvalue weighted by Crippen LogP contribution is -2.55. The SMILES string of the molecule is CC(=O)CC[C@H](NC(=O)[C@H](CSC(c1ccccc1)(c1ccccc1)c1ccccc1)NC(=O)OCC1c2ccccc2-c2ccccc21)C(=O)NCC(=O)SCP(c1ccccc1)c1ccccc1. The second-order valence-electron chi connectivity index (χ2n) is 16.9. The summed E-state index contributed by atoms with van der Waals surface area (Å²) in [7, 11) is -0.859. The van der Waals surface area contributed by atoms with Crippen molar-refractivity contribution in [2.75, 3.05) is 24.4 Å². The number of nitrogens with one attached hydrogen (secondary N) is 3. The van der Waals surface area contributed by atoms with E-state index in [1.807, 2.05) is 164 Å².